The van der Waals surface area contributed by atoms with E-state index in [0.717, 1.165) is 18.4 Å². The highest BCUT2D eigenvalue weighted by Gasteiger charge is 2.33. The van der Waals surface area contributed by atoms with E-state index in [1.54, 1.807) is 0 Å². The topological polar surface area (TPSA) is 65.2 Å². The van der Waals surface area contributed by atoms with Crippen molar-refractivity contribution in [2.45, 2.75) is 58.3 Å². The fourth-order valence-corrected chi connectivity index (χ4v) is 4.20. The zero-order valence-electron chi connectivity index (χ0n) is 16.5. The van der Waals surface area contributed by atoms with Crippen molar-refractivity contribution in [1.29, 1.82) is 0 Å². The van der Waals surface area contributed by atoms with E-state index in [4.69, 9.17) is 9.15 Å². The average molecular weight is 389 g/mol. The quantitative estimate of drug-likeness (QED) is 0.504. The van der Waals surface area contributed by atoms with Gasteiger partial charge in [0.15, 0.2) is 0 Å². The molecule has 6 heteroatoms. The van der Waals surface area contributed by atoms with Gasteiger partial charge in [-0.05, 0) is 49.7 Å². The van der Waals surface area contributed by atoms with Crippen molar-refractivity contribution in [2.24, 2.45) is 17.8 Å². The van der Waals surface area contributed by atoms with Crippen LogP contribution in [0, 0.1) is 24.7 Å². The predicted molar refractivity (Wildman–Crippen MR) is 106 cm³/mol. The SMILES string of the molecule is Cc1ccc(-c2nnc(SCC(=O)O[C@@H]3C[C@H](C)CC[C@@H]3C(C)C)o2)cc1. The normalized spacial score (nSPS) is 22.8. The average Bonchev–Trinajstić information content (AvgIpc) is 3.09. The Morgan fingerprint density at radius 3 is 2.70 bits per heavy atom. The van der Waals surface area contributed by atoms with Crippen LogP contribution in [0.5, 0.6) is 0 Å². The van der Waals surface area contributed by atoms with Crippen molar-refractivity contribution < 1.29 is 13.9 Å². The molecule has 0 saturated heterocycles. The number of carbonyl (C=O) groups is 1. The van der Waals surface area contributed by atoms with E-state index in [1.165, 1.54) is 23.7 Å². The molecule has 146 valence electrons. The zero-order valence-corrected chi connectivity index (χ0v) is 17.3. The van der Waals surface area contributed by atoms with Crippen molar-refractivity contribution in [3.63, 3.8) is 0 Å². The van der Waals surface area contributed by atoms with Crippen LogP contribution in [0.25, 0.3) is 11.5 Å². The maximum atomic E-state index is 12.3. The summed E-state index contributed by atoms with van der Waals surface area (Å²) in [5.41, 5.74) is 2.05. The summed E-state index contributed by atoms with van der Waals surface area (Å²) < 4.78 is 11.5. The molecule has 0 bridgehead atoms. The van der Waals surface area contributed by atoms with E-state index >= 15 is 0 Å². The molecule has 3 rings (SSSR count). The zero-order chi connectivity index (χ0) is 19.4. The Balaban J connectivity index is 1.54. The first-order valence-electron chi connectivity index (χ1n) is 9.65. The minimum atomic E-state index is -0.208. The number of benzene rings is 1. The van der Waals surface area contributed by atoms with Gasteiger partial charge in [0.2, 0.25) is 5.89 Å². The lowest BCUT2D eigenvalue weighted by molar-refractivity contribution is -0.152. The van der Waals surface area contributed by atoms with Gasteiger partial charge in [-0.3, -0.25) is 4.79 Å². The number of thioether (sulfide) groups is 1. The van der Waals surface area contributed by atoms with Crippen LogP contribution in [-0.4, -0.2) is 28.0 Å². The summed E-state index contributed by atoms with van der Waals surface area (Å²) in [5.74, 6) is 2.03. The van der Waals surface area contributed by atoms with Crippen LogP contribution in [0.4, 0.5) is 0 Å². The van der Waals surface area contributed by atoms with Crippen molar-refractivity contribution in [3.05, 3.63) is 29.8 Å². The number of aromatic nitrogens is 2. The number of rotatable bonds is 6. The third-order valence-corrected chi connectivity index (χ3v) is 6.05. The van der Waals surface area contributed by atoms with Gasteiger partial charge < -0.3 is 9.15 Å². The summed E-state index contributed by atoms with van der Waals surface area (Å²) in [7, 11) is 0. The molecule has 1 saturated carbocycles. The monoisotopic (exact) mass is 388 g/mol. The molecule has 0 amide bonds. The summed E-state index contributed by atoms with van der Waals surface area (Å²) in [6.45, 7) is 8.68. The largest absolute Gasteiger partial charge is 0.461 e. The van der Waals surface area contributed by atoms with Crippen LogP contribution >= 0.6 is 11.8 Å². The van der Waals surface area contributed by atoms with Gasteiger partial charge in [-0.15, -0.1) is 10.2 Å². The molecule has 5 nitrogen and oxygen atoms in total. The van der Waals surface area contributed by atoms with Crippen LogP contribution in [0.3, 0.4) is 0 Å². The van der Waals surface area contributed by atoms with Crippen molar-refractivity contribution in [2.75, 3.05) is 5.75 Å². The summed E-state index contributed by atoms with van der Waals surface area (Å²) in [6, 6.07) is 7.89. The Morgan fingerprint density at radius 1 is 1.26 bits per heavy atom. The summed E-state index contributed by atoms with van der Waals surface area (Å²) in [4.78, 5) is 12.3. The Kier molecular flexibility index (Phi) is 6.58. The molecule has 1 fully saturated rings. The van der Waals surface area contributed by atoms with E-state index < -0.39 is 0 Å². The second-order valence-corrected chi connectivity index (χ2v) is 8.81. The number of carbonyl (C=O) groups excluding carboxylic acids is 1. The standard InChI is InChI=1S/C21H28N2O3S/c1-13(2)17-10-7-15(4)11-18(17)25-19(24)12-27-21-23-22-20(26-21)16-8-5-14(3)6-9-16/h5-6,8-9,13,15,17-18H,7,10-12H2,1-4H3/t15-,17-,18-/m1/s1. The fraction of sp³-hybridized carbons (Fsp3) is 0.571. The van der Waals surface area contributed by atoms with Crippen molar-refractivity contribution in [3.8, 4) is 11.5 Å². The van der Waals surface area contributed by atoms with Gasteiger partial charge in [-0.1, -0.05) is 56.7 Å². The smallest absolute Gasteiger partial charge is 0.316 e. The molecule has 0 radical (unpaired) electrons. The molecular weight excluding hydrogens is 360 g/mol. The molecule has 0 unspecified atom stereocenters. The lowest BCUT2D eigenvalue weighted by Crippen LogP contribution is -2.36. The Bertz CT molecular complexity index is 757. The third kappa shape index (κ3) is 5.34. The van der Waals surface area contributed by atoms with E-state index in [-0.39, 0.29) is 17.8 Å². The Morgan fingerprint density at radius 2 is 2.00 bits per heavy atom. The molecule has 1 aliphatic carbocycles. The molecule has 2 aromatic rings. The van der Waals surface area contributed by atoms with Crippen LogP contribution in [0.2, 0.25) is 0 Å². The lowest BCUT2D eigenvalue weighted by Gasteiger charge is -2.36. The molecular formula is C21H28N2O3S. The number of aryl methyl sites for hydroxylation is 1. The van der Waals surface area contributed by atoms with Crippen LogP contribution in [-0.2, 0) is 9.53 Å². The van der Waals surface area contributed by atoms with Gasteiger partial charge in [-0.25, -0.2) is 0 Å². The second-order valence-electron chi connectivity index (χ2n) is 7.88. The van der Waals surface area contributed by atoms with Gasteiger partial charge in [0, 0.05) is 5.56 Å². The maximum Gasteiger partial charge on any atom is 0.316 e. The highest BCUT2D eigenvalue weighted by atomic mass is 32.2. The van der Waals surface area contributed by atoms with Crippen LogP contribution < -0.4 is 0 Å². The lowest BCUT2D eigenvalue weighted by atomic mass is 9.75. The highest BCUT2D eigenvalue weighted by Crippen LogP contribution is 2.35. The summed E-state index contributed by atoms with van der Waals surface area (Å²) >= 11 is 1.23. The molecule has 0 spiro atoms. The molecule has 1 aliphatic rings. The number of esters is 1. The van der Waals surface area contributed by atoms with E-state index in [0.29, 0.717) is 28.9 Å². The minimum absolute atomic E-state index is 0.0210. The first kappa shape index (κ1) is 19.9. The van der Waals surface area contributed by atoms with Crippen molar-refractivity contribution in [1.82, 2.24) is 10.2 Å². The van der Waals surface area contributed by atoms with Crippen LogP contribution in [0.1, 0.15) is 45.6 Å². The number of hydrogen-bond donors (Lipinski definition) is 0. The molecule has 1 aromatic carbocycles. The third-order valence-electron chi connectivity index (χ3n) is 5.26. The Labute approximate surface area is 165 Å². The maximum absolute atomic E-state index is 12.3. The van der Waals surface area contributed by atoms with Gasteiger partial charge in [-0.2, -0.15) is 0 Å². The van der Waals surface area contributed by atoms with Gasteiger partial charge in [0.1, 0.15) is 11.9 Å². The minimum Gasteiger partial charge on any atom is -0.461 e. The first-order chi connectivity index (χ1) is 12.9. The number of ether oxygens (including phenoxy) is 1. The first-order valence-corrected chi connectivity index (χ1v) is 10.6. The van der Waals surface area contributed by atoms with Gasteiger partial charge in [0.25, 0.3) is 5.22 Å². The molecule has 3 atom stereocenters. The molecule has 0 N–H and O–H groups in total. The molecule has 27 heavy (non-hydrogen) atoms. The van der Waals surface area contributed by atoms with E-state index in [9.17, 15) is 4.79 Å². The number of hydrogen-bond acceptors (Lipinski definition) is 6. The fourth-order valence-electron chi connectivity index (χ4n) is 3.65. The van der Waals surface area contributed by atoms with Crippen molar-refractivity contribution >= 4 is 17.7 Å². The molecule has 1 heterocycles. The van der Waals surface area contributed by atoms with E-state index in [2.05, 4.69) is 31.0 Å². The van der Waals surface area contributed by atoms with Crippen LogP contribution in [0.15, 0.2) is 33.9 Å². The molecule has 1 aromatic heterocycles. The summed E-state index contributed by atoms with van der Waals surface area (Å²) in [5, 5.41) is 8.48. The highest BCUT2D eigenvalue weighted by molar-refractivity contribution is 7.99. The molecule has 0 aliphatic heterocycles. The predicted octanol–water partition coefficient (Wildman–Crippen LogP) is 5.14. The number of nitrogens with zero attached hydrogens (tertiary/aromatic N) is 2. The summed E-state index contributed by atoms with van der Waals surface area (Å²) in [6.07, 6.45) is 3.33. The second kappa shape index (κ2) is 8.91. The van der Waals surface area contributed by atoms with Gasteiger partial charge in [0.05, 0.1) is 0 Å². The van der Waals surface area contributed by atoms with Gasteiger partial charge >= 0.3 is 5.97 Å². The Hall–Kier alpha value is -1.82. The van der Waals surface area contributed by atoms with E-state index in [1.807, 2.05) is 31.2 Å².